The second-order valence-electron chi connectivity index (χ2n) is 7.43. The van der Waals surface area contributed by atoms with Gasteiger partial charge in [-0.1, -0.05) is 26.0 Å². The summed E-state index contributed by atoms with van der Waals surface area (Å²) in [4.78, 5) is 31.0. The topological polar surface area (TPSA) is 79.6 Å². The van der Waals surface area contributed by atoms with Gasteiger partial charge in [-0.2, -0.15) is 5.10 Å². The van der Waals surface area contributed by atoms with Crippen LogP contribution in [-0.4, -0.2) is 33.0 Å². The van der Waals surface area contributed by atoms with E-state index >= 15 is 0 Å². The van der Waals surface area contributed by atoms with Crippen LogP contribution in [0.5, 0.6) is 0 Å². The zero-order valence-corrected chi connectivity index (χ0v) is 16.0. The Morgan fingerprint density at radius 1 is 1.29 bits per heavy atom. The fourth-order valence-electron chi connectivity index (χ4n) is 3.50. The minimum Gasteiger partial charge on any atom is -0.352 e. The van der Waals surface area contributed by atoms with Gasteiger partial charge in [-0.25, -0.2) is 9.50 Å². The first kappa shape index (κ1) is 18.2. The Morgan fingerprint density at radius 3 is 2.82 bits per heavy atom. The maximum atomic E-state index is 12.6. The molecule has 1 unspecified atom stereocenters. The highest BCUT2D eigenvalue weighted by Crippen LogP contribution is 2.27. The highest BCUT2D eigenvalue weighted by Gasteiger charge is 2.35. The summed E-state index contributed by atoms with van der Waals surface area (Å²) in [5, 5.41) is 7.14. The van der Waals surface area contributed by atoms with Gasteiger partial charge in [0, 0.05) is 43.2 Å². The summed E-state index contributed by atoms with van der Waals surface area (Å²) in [5.41, 5.74) is 3.64. The lowest BCUT2D eigenvalue weighted by atomic mass is 10.0. The fraction of sp³-hybridized carbons (Fsp3) is 0.333. The van der Waals surface area contributed by atoms with Crippen molar-refractivity contribution in [3.63, 3.8) is 0 Å². The summed E-state index contributed by atoms with van der Waals surface area (Å²) in [5.74, 6) is -0.0524. The maximum Gasteiger partial charge on any atom is 0.227 e. The van der Waals surface area contributed by atoms with Crippen LogP contribution in [0, 0.1) is 5.92 Å². The Hall–Kier alpha value is -3.22. The molecule has 0 aliphatic carbocycles. The van der Waals surface area contributed by atoms with Crippen LogP contribution in [0.4, 0.5) is 5.69 Å². The molecular weight excluding hydrogens is 354 g/mol. The molecule has 1 fully saturated rings. The summed E-state index contributed by atoms with van der Waals surface area (Å²) in [6.45, 7) is 5.01. The van der Waals surface area contributed by atoms with Gasteiger partial charge >= 0.3 is 0 Å². The van der Waals surface area contributed by atoms with Crippen molar-refractivity contribution in [2.45, 2.75) is 32.7 Å². The van der Waals surface area contributed by atoms with E-state index in [1.165, 1.54) is 5.56 Å². The van der Waals surface area contributed by atoms with Crippen molar-refractivity contribution in [1.82, 2.24) is 19.9 Å². The van der Waals surface area contributed by atoms with E-state index in [4.69, 9.17) is 0 Å². The molecular formula is C21H23N5O2. The highest BCUT2D eigenvalue weighted by molar-refractivity contribution is 6.00. The average molecular weight is 377 g/mol. The summed E-state index contributed by atoms with van der Waals surface area (Å²) >= 11 is 0. The van der Waals surface area contributed by atoms with Crippen LogP contribution in [0.15, 0.2) is 48.9 Å². The predicted octanol–water partition coefficient (Wildman–Crippen LogP) is 2.52. The monoisotopic (exact) mass is 377 g/mol. The SMILES string of the molecule is CC(C)c1ccc(N2CC(C(=O)NCc3cnn4cccnc34)CC2=O)cc1. The van der Waals surface area contributed by atoms with Crippen LogP contribution in [0.25, 0.3) is 5.65 Å². The summed E-state index contributed by atoms with van der Waals surface area (Å²) in [6, 6.07) is 9.79. The first-order chi connectivity index (χ1) is 13.5. The number of aromatic nitrogens is 3. The van der Waals surface area contributed by atoms with Crippen molar-refractivity contribution < 1.29 is 9.59 Å². The Bertz CT molecular complexity index is 1010. The number of carbonyl (C=O) groups is 2. The molecule has 0 bridgehead atoms. The molecule has 7 nitrogen and oxygen atoms in total. The number of anilines is 1. The smallest absolute Gasteiger partial charge is 0.227 e. The molecule has 28 heavy (non-hydrogen) atoms. The lowest BCUT2D eigenvalue weighted by molar-refractivity contribution is -0.126. The van der Waals surface area contributed by atoms with E-state index in [1.54, 1.807) is 27.9 Å². The van der Waals surface area contributed by atoms with Gasteiger partial charge in [0.2, 0.25) is 11.8 Å². The van der Waals surface area contributed by atoms with Gasteiger partial charge < -0.3 is 10.2 Å². The van der Waals surface area contributed by atoms with Crippen LogP contribution >= 0.6 is 0 Å². The number of carbonyl (C=O) groups excluding carboxylic acids is 2. The average Bonchev–Trinajstić information content (AvgIpc) is 3.30. The number of benzene rings is 1. The van der Waals surface area contributed by atoms with Gasteiger partial charge in [-0.05, 0) is 29.7 Å². The molecule has 1 aliphatic rings. The van der Waals surface area contributed by atoms with Gasteiger partial charge in [-0.15, -0.1) is 0 Å². The van der Waals surface area contributed by atoms with E-state index in [1.807, 2.05) is 30.5 Å². The van der Waals surface area contributed by atoms with Gasteiger partial charge in [0.25, 0.3) is 0 Å². The van der Waals surface area contributed by atoms with Gasteiger partial charge in [0.15, 0.2) is 5.65 Å². The number of fused-ring (bicyclic) bond motifs is 1. The van der Waals surface area contributed by atoms with E-state index < -0.39 is 0 Å². The van der Waals surface area contributed by atoms with Crippen LogP contribution < -0.4 is 10.2 Å². The summed E-state index contributed by atoms with van der Waals surface area (Å²) in [7, 11) is 0. The van der Waals surface area contributed by atoms with Gasteiger partial charge in [0.1, 0.15) is 0 Å². The lowest BCUT2D eigenvalue weighted by Crippen LogP contribution is -2.32. The first-order valence-corrected chi connectivity index (χ1v) is 9.48. The largest absolute Gasteiger partial charge is 0.352 e. The van der Waals surface area contributed by atoms with Crippen molar-refractivity contribution in [2.24, 2.45) is 5.92 Å². The molecule has 1 atom stereocenters. The molecule has 0 spiro atoms. The van der Waals surface area contributed by atoms with Crippen LogP contribution in [0.2, 0.25) is 0 Å². The van der Waals surface area contributed by atoms with E-state index in [-0.39, 0.29) is 24.2 Å². The van der Waals surface area contributed by atoms with Crippen molar-refractivity contribution in [3.8, 4) is 0 Å². The standard InChI is InChI=1S/C21H23N5O2/c1-14(2)15-4-6-18(7-5-15)25-13-16(10-19(25)27)21(28)23-11-17-12-24-26-9-3-8-22-20(17)26/h3-9,12,14,16H,10-11,13H2,1-2H3,(H,23,28). The molecule has 0 radical (unpaired) electrons. The van der Waals surface area contributed by atoms with Crippen molar-refractivity contribution in [3.05, 3.63) is 60.0 Å². The second kappa shape index (κ2) is 7.42. The van der Waals surface area contributed by atoms with Crippen molar-refractivity contribution in [2.75, 3.05) is 11.4 Å². The first-order valence-electron chi connectivity index (χ1n) is 9.48. The van der Waals surface area contributed by atoms with E-state index in [0.29, 0.717) is 19.0 Å². The third kappa shape index (κ3) is 3.47. The normalized spacial score (nSPS) is 16.9. The lowest BCUT2D eigenvalue weighted by Gasteiger charge is -2.17. The van der Waals surface area contributed by atoms with E-state index in [9.17, 15) is 9.59 Å². The molecule has 2 aromatic heterocycles. The molecule has 7 heteroatoms. The Morgan fingerprint density at radius 2 is 2.07 bits per heavy atom. The Labute approximate surface area is 163 Å². The minimum absolute atomic E-state index is 0.0184. The fourth-order valence-corrected chi connectivity index (χ4v) is 3.50. The molecule has 4 rings (SSSR count). The molecule has 144 valence electrons. The quantitative estimate of drug-likeness (QED) is 0.741. The molecule has 1 aliphatic heterocycles. The van der Waals surface area contributed by atoms with Gasteiger partial charge in [0.05, 0.1) is 12.1 Å². The van der Waals surface area contributed by atoms with Crippen LogP contribution in [0.1, 0.15) is 37.3 Å². The number of nitrogens with zero attached hydrogens (tertiary/aromatic N) is 4. The molecule has 1 N–H and O–H groups in total. The third-order valence-electron chi connectivity index (χ3n) is 5.17. The zero-order chi connectivity index (χ0) is 19.7. The van der Waals surface area contributed by atoms with Crippen LogP contribution in [0.3, 0.4) is 0 Å². The Balaban J connectivity index is 1.39. The van der Waals surface area contributed by atoms with E-state index in [0.717, 1.165) is 16.9 Å². The maximum absolute atomic E-state index is 12.6. The molecule has 2 amide bonds. The number of hydrogen-bond acceptors (Lipinski definition) is 4. The minimum atomic E-state index is -0.355. The molecule has 1 saturated heterocycles. The molecule has 0 saturated carbocycles. The number of rotatable bonds is 5. The Kier molecular flexibility index (Phi) is 4.81. The third-order valence-corrected chi connectivity index (χ3v) is 5.17. The number of amides is 2. The van der Waals surface area contributed by atoms with E-state index in [2.05, 4.69) is 29.2 Å². The molecule has 3 heterocycles. The van der Waals surface area contributed by atoms with Crippen LogP contribution in [-0.2, 0) is 16.1 Å². The number of hydrogen-bond donors (Lipinski definition) is 1. The summed E-state index contributed by atoms with van der Waals surface area (Å²) in [6.07, 6.45) is 5.43. The predicted molar refractivity (Wildman–Crippen MR) is 106 cm³/mol. The van der Waals surface area contributed by atoms with Crippen molar-refractivity contribution in [1.29, 1.82) is 0 Å². The second-order valence-corrected chi connectivity index (χ2v) is 7.43. The highest BCUT2D eigenvalue weighted by atomic mass is 16.2. The molecule has 3 aromatic rings. The van der Waals surface area contributed by atoms with Gasteiger partial charge in [-0.3, -0.25) is 9.59 Å². The van der Waals surface area contributed by atoms with Crippen molar-refractivity contribution >= 4 is 23.1 Å². The zero-order valence-electron chi connectivity index (χ0n) is 16.0. The number of nitrogens with one attached hydrogen (secondary N) is 1. The summed E-state index contributed by atoms with van der Waals surface area (Å²) < 4.78 is 1.67. The molecule has 1 aromatic carbocycles.